The molecular weight excluding hydrogens is 305 g/mol. The minimum atomic E-state index is -0.268. The lowest BCUT2D eigenvalue weighted by atomic mass is 9.95. The molecule has 1 aliphatic rings. The average Bonchev–Trinajstić information content (AvgIpc) is 2.43. The number of halogens is 2. The summed E-state index contributed by atoms with van der Waals surface area (Å²) in [6, 6.07) is 6.33. The number of likely N-dealkylation sites (tertiary alicyclic amines) is 1. The highest BCUT2D eigenvalue weighted by atomic mass is 35.5. The fourth-order valence-electron chi connectivity index (χ4n) is 2.72. The first kappa shape index (κ1) is 18.9. The molecule has 0 aromatic heterocycles. The van der Waals surface area contributed by atoms with Crippen LogP contribution < -0.4 is 11.1 Å². The summed E-state index contributed by atoms with van der Waals surface area (Å²) in [7, 11) is 0. The first-order chi connectivity index (χ1) is 9.95. The Labute approximate surface area is 137 Å². The van der Waals surface area contributed by atoms with Crippen molar-refractivity contribution in [2.75, 3.05) is 19.6 Å². The van der Waals surface area contributed by atoms with Gasteiger partial charge in [0.15, 0.2) is 0 Å². The highest BCUT2D eigenvalue weighted by molar-refractivity contribution is 5.85. The van der Waals surface area contributed by atoms with E-state index in [1.165, 1.54) is 12.1 Å². The third-order valence-electron chi connectivity index (χ3n) is 4.17. The van der Waals surface area contributed by atoms with Crippen LogP contribution in [0.3, 0.4) is 0 Å². The van der Waals surface area contributed by atoms with Crippen LogP contribution in [0.4, 0.5) is 4.39 Å². The van der Waals surface area contributed by atoms with Crippen LogP contribution >= 0.6 is 12.4 Å². The Bertz CT molecular complexity index is 483. The highest BCUT2D eigenvalue weighted by Crippen LogP contribution is 2.15. The van der Waals surface area contributed by atoms with Gasteiger partial charge in [0.05, 0.1) is 12.6 Å². The Morgan fingerprint density at radius 2 is 2.09 bits per heavy atom. The van der Waals surface area contributed by atoms with Crippen molar-refractivity contribution in [2.24, 2.45) is 11.7 Å². The van der Waals surface area contributed by atoms with E-state index >= 15 is 0 Å². The molecule has 0 aliphatic carbocycles. The van der Waals surface area contributed by atoms with Crippen LogP contribution in [0.5, 0.6) is 0 Å². The van der Waals surface area contributed by atoms with Crippen molar-refractivity contribution in [1.82, 2.24) is 10.2 Å². The molecule has 3 atom stereocenters. The summed E-state index contributed by atoms with van der Waals surface area (Å²) >= 11 is 0. The van der Waals surface area contributed by atoms with Gasteiger partial charge in [-0.25, -0.2) is 4.39 Å². The third-order valence-corrected chi connectivity index (χ3v) is 4.17. The number of hydrogen-bond acceptors (Lipinski definition) is 3. The van der Waals surface area contributed by atoms with Crippen LogP contribution in [0.2, 0.25) is 0 Å². The Balaban J connectivity index is 0.00000242. The molecule has 22 heavy (non-hydrogen) atoms. The van der Waals surface area contributed by atoms with Crippen molar-refractivity contribution in [2.45, 2.75) is 32.4 Å². The summed E-state index contributed by atoms with van der Waals surface area (Å²) in [6.45, 7) is 6.14. The number of benzene rings is 1. The number of hydrogen-bond donors (Lipinski definition) is 2. The minimum absolute atomic E-state index is 0. The summed E-state index contributed by atoms with van der Waals surface area (Å²) in [5, 5.41) is 2.95. The van der Waals surface area contributed by atoms with Crippen molar-refractivity contribution in [3.63, 3.8) is 0 Å². The number of piperidine rings is 1. The molecule has 0 spiro atoms. The quantitative estimate of drug-likeness (QED) is 0.889. The minimum Gasteiger partial charge on any atom is -0.348 e. The number of rotatable bonds is 4. The van der Waals surface area contributed by atoms with Gasteiger partial charge in [-0.05, 0) is 37.0 Å². The maximum Gasteiger partial charge on any atom is 0.234 e. The summed E-state index contributed by atoms with van der Waals surface area (Å²) in [5.41, 5.74) is 6.88. The molecule has 6 heteroatoms. The van der Waals surface area contributed by atoms with Crippen molar-refractivity contribution >= 4 is 18.3 Å². The summed E-state index contributed by atoms with van der Waals surface area (Å²) in [5.74, 6) is 0.145. The Morgan fingerprint density at radius 1 is 1.45 bits per heavy atom. The lowest BCUT2D eigenvalue weighted by molar-refractivity contribution is -0.123. The van der Waals surface area contributed by atoms with Gasteiger partial charge in [-0.2, -0.15) is 0 Å². The molecule has 1 saturated heterocycles. The van der Waals surface area contributed by atoms with Crippen molar-refractivity contribution < 1.29 is 9.18 Å². The van der Waals surface area contributed by atoms with E-state index in [-0.39, 0.29) is 36.2 Å². The van der Waals surface area contributed by atoms with Crippen LogP contribution in [-0.4, -0.2) is 36.5 Å². The molecule has 4 nitrogen and oxygen atoms in total. The van der Waals surface area contributed by atoms with Gasteiger partial charge in [0, 0.05) is 19.1 Å². The molecule has 2 rings (SSSR count). The molecule has 1 aromatic carbocycles. The van der Waals surface area contributed by atoms with Gasteiger partial charge in [0.2, 0.25) is 5.91 Å². The van der Waals surface area contributed by atoms with Crippen LogP contribution in [0.1, 0.15) is 31.9 Å². The number of carbonyl (C=O) groups is 1. The number of nitrogens with two attached hydrogens (primary N) is 1. The van der Waals surface area contributed by atoms with Crippen LogP contribution in [0, 0.1) is 11.7 Å². The number of amides is 1. The van der Waals surface area contributed by atoms with Gasteiger partial charge in [-0.1, -0.05) is 19.1 Å². The zero-order chi connectivity index (χ0) is 15.4. The molecule has 1 amide bonds. The smallest absolute Gasteiger partial charge is 0.234 e. The van der Waals surface area contributed by atoms with Crippen LogP contribution in [0.25, 0.3) is 0 Å². The predicted molar refractivity (Wildman–Crippen MR) is 88.4 cm³/mol. The first-order valence-electron chi connectivity index (χ1n) is 7.48. The third kappa shape index (κ3) is 5.23. The fraction of sp³-hybridized carbons (Fsp3) is 0.562. The number of nitrogens with one attached hydrogen (secondary N) is 1. The van der Waals surface area contributed by atoms with E-state index in [0.29, 0.717) is 12.5 Å². The lowest BCUT2D eigenvalue weighted by Crippen LogP contribution is -2.49. The Hall–Kier alpha value is -1.17. The zero-order valence-electron chi connectivity index (χ0n) is 13.1. The maximum atomic E-state index is 12.9. The number of carbonyl (C=O) groups excluding carboxylic acids is 1. The van der Waals surface area contributed by atoms with Crippen molar-refractivity contribution in [3.05, 3.63) is 35.6 Å². The zero-order valence-corrected chi connectivity index (χ0v) is 13.9. The van der Waals surface area contributed by atoms with Crippen molar-refractivity contribution in [3.8, 4) is 0 Å². The van der Waals surface area contributed by atoms with Gasteiger partial charge in [0.1, 0.15) is 5.82 Å². The van der Waals surface area contributed by atoms with Gasteiger partial charge >= 0.3 is 0 Å². The summed E-state index contributed by atoms with van der Waals surface area (Å²) < 4.78 is 12.9. The SMILES string of the molecule is CC(NC(=O)CN1CCC(N)C(C)C1)c1ccc(F)cc1.Cl. The molecule has 1 heterocycles. The second-order valence-electron chi connectivity index (χ2n) is 6.01. The predicted octanol–water partition coefficient (Wildman–Crippen LogP) is 2.09. The van der Waals surface area contributed by atoms with Gasteiger partial charge < -0.3 is 11.1 Å². The average molecular weight is 330 g/mol. The molecule has 3 N–H and O–H groups in total. The Kier molecular flexibility index (Phi) is 7.26. The largest absolute Gasteiger partial charge is 0.348 e. The fourth-order valence-corrected chi connectivity index (χ4v) is 2.72. The molecule has 1 fully saturated rings. The van der Waals surface area contributed by atoms with Gasteiger partial charge in [-0.3, -0.25) is 9.69 Å². The molecule has 0 radical (unpaired) electrons. The summed E-state index contributed by atoms with van der Waals surface area (Å²) in [6.07, 6.45) is 0.933. The molecule has 0 bridgehead atoms. The van der Waals surface area contributed by atoms with E-state index in [1.54, 1.807) is 12.1 Å². The topological polar surface area (TPSA) is 58.4 Å². The molecule has 1 aliphatic heterocycles. The Morgan fingerprint density at radius 3 is 2.68 bits per heavy atom. The van der Waals surface area contributed by atoms with E-state index in [0.717, 1.165) is 25.1 Å². The molecule has 3 unspecified atom stereocenters. The molecule has 124 valence electrons. The second kappa shape index (κ2) is 8.46. The van der Waals surface area contributed by atoms with Crippen molar-refractivity contribution in [1.29, 1.82) is 0 Å². The molecule has 1 aromatic rings. The van der Waals surface area contributed by atoms with E-state index in [2.05, 4.69) is 17.1 Å². The monoisotopic (exact) mass is 329 g/mol. The van der Waals surface area contributed by atoms with Gasteiger partial charge in [0.25, 0.3) is 0 Å². The van der Waals surface area contributed by atoms with Gasteiger partial charge in [-0.15, -0.1) is 12.4 Å². The van der Waals surface area contributed by atoms with E-state index in [9.17, 15) is 9.18 Å². The summed E-state index contributed by atoms with van der Waals surface area (Å²) in [4.78, 5) is 14.2. The van der Waals surface area contributed by atoms with E-state index in [1.807, 2.05) is 6.92 Å². The van der Waals surface area contributed by atoms with E-state index in [4.69, 9.17) is 5.73 Å². The standard InChI is InChI=1S/C16H24FN3O.ClH/c1-11-9-20(8-7-15(11)18)10-16(21)19-12(2)13-3-5-14(17)6-4-13;/h3-6,11-12,15H,7-10,18H2,1-2H3,(H,19,21);1H. The second-order valence-corrected chi connectivity index (χ2v) is 6.01. The van der Waals surface area contributed by atoms with Crippen LogP contribution in [0.15, 0.2) is 24.3 Å². The first-order valence-corrected chi connectivity index (χ1v) is 7.48. The number of nitrogens with zero attached hydrogens (tertiary/aromatic N) is 1. The highest BCUT2D eigenvalue weighted by Gasteiger charge is 2.24. The normalized spacial score (nSPS) is 23.5. The van der Waals surface area contributed by atoms with Crippen LogP contribution in [-0.2, 0) is 4.79 Å². The molecular formula is C16H25ClFN3O. The molecule has 0 saturated carbocycles. The van der Waals surface area contributed by atoms with E-state index < -0.39 is 0 Å². The lowest BCUT2D eigenvalue weighted by Gasteiger charge is -2.34. The maximum absolute atomic E-state index is 12.9.